The third-order valence-electron chi connectivity index (χ3n) is 5.41. The van der Waals surface area contributed by atoms with Gasteiger partial charge in [0, 0.05) is 20.3 Å². The van der Waals surface area contributed by atoms with E-state index in [4.69, 9.17) is 29.9 Å². The van der Waals surface area contributed by atoms with Gasteiger partial charge in [0.1, 0.15) is 16.9 Å². The average molecular weight is 433 g/mol. The number of nitrogens with two attached hydrogens (primary N) is 1. The molecule has 9 heteroatoms. The lowest BCUT2D eigenvalue weighted by atomic mass is 10.2. The summed E-state index contributed by atoms with van der Waals surface area (Å²) < 4.78 is 17.8. The summed E-state index contributed by atoms with van der Waals surface area (Å²) in [6.45, 7) is 1.65. The Kier molecular flexibility index (Phi) is 5.24. The number of benzene rings is 2. The van der Waals surface area contributed by atoms with Crippen molar-refractivity contribution in [3.63, 3.8) is 0 Å². The molecular weight excluding hydrogens is 410 g/mol. The molecule has 3 N–H and O–H groups in total. The van der Waals surface area contributed by atoms with Crippen molar-refractivity contribution in [2.45, 2.75) is 13.0 Å². The third kappa shape index (κ3) is 3.56. The van der Waals surface area contributed by atoms with Gasteiger partial charge >= 0.3 is 0 Å². The van der Waals surface area contributed by atoms with E-state index in [1.165, 1.54) is 0 Å². The maximum absolute atomic E-state index is 13.0. The zero-order chi connectivity index (χ0) is 22.1. The number of para-hydroxylation sites is 2. The first-order chi connectivity index (χ1) is 15.7. The fourth-order valence-electron chi connectivity index (χ4n) is 3.83. The number of aromatic nitrogens is 3. The second-order valence-corrected chi connectivity index (χ2v) is 7.52. The Bertz CT molecular complexity index is 1320. The SMILES string of the molecule is COCCCNC(=O)c1c(N)n(Cc2ccc3c(c2)OCO3)c2nc3ccccc3nc12. The Morgan fingerprint density at radius 1 is 1.16 bits per heavy atom. The molecule has 0 fully saturated rings. The molecule has 5 rings (SSSR count). The van der Waals surface area contributed by atoms with Crippen LogP contribution in [-0.4, -0.2) is 47.5 Å². The van der Waals surface area contributed by atoms with E-state index in [9.17, 15) is 4.79 Å². The molecule has 1 amide bonds. The zero-order valence-electron chi connectivity index (χ0n) is 17.6. The first-order valence-corrected chi connectivity index (χ1v) is 10.4. The summed E-state index contributed by atoms with van der Waals surface area (Å²) in [5.41, 5.74) is 10.3. The molecule has 0 atom stereocenters. The molecule has 0 unspecified atom stereocenters. The molecule has 32 heavy (non-hydrogen) atoms. The number of ether oxygens (including phenoxy) is 3. The van der Waals surface area contributed by atoms with Gasteiger partial charge in [0.2, 0.25) is 6.79 Å². The van der Waals surface area contributed by atoms with Crippen molar-refractivity contribution in [2.24, 2.45) is 0 Å². The van der Waals surface area contributed by atoms with Crippen LogP contribution in [0.5, 0.6) is 11.5 Å². The quantitative estimate of drug-likeness (QED) is 0.431. The highest BCUT2D eigenvalue weighted by Gasteiger charge is 2.24. The maximum Gasteiger partial charge on any atom is 0.257 e. The number of nitrogens with one attached hydrogen (secondary N) is 1. The molecule has 0 bridgehead atoms. The largest absolute Gasteiger partial charge is 0.454 e. The zero-order valence-corrected chi connectivity index (χ0v) is 17.6. The molecule has 0 aliphatic carbocycles. The lowest BCUT2D eigenvalue weighted by Gasteiger charge is -2.09. The van der Waals surface area contributed by atoms with Crippen LogP contribution >= 0.6 is 0 Å². The topological polar surface area (TPSA) is 114 Å². The second-order valence-electron chi connectivity index (χ2n) is 7.52. The summed E-state index contributed by atoms with van der Waals surface area (Å²) in [7, 11) is 1.63. The van der Waals surface area contributed by atoms with E-state index in [2.05, 4.69) is 5.32 Å². The first-order valence-electron chi connectivity index (χ1n) is 10.4. The van der Waals surface area contributed by atoms with E-state index in [-0.39, 0.29) is 12.7 Å². The Labute approximate surface area is 184 Å². The summed E-state index contributed by atoms with van der Waals surface area (Å²) >= 11 is 0. The Balaban J connectivity index is 1.59. The fraction of sp³-hybridized carbons (Fsp3) is 0.261. The molecule has 0 saturated heterocycles. The number of nitrogens with zero attached hydrogens (tertiary/aromatic N) is 3. The van der Waals surface area contributed by atoms with E-state index < -0.39 is 0 Å². The molecule has 0 spiro atoms. The highest BCUT2D eigenvalue weighted by molar-refractivity contribution is 6.10. The predicted octanol–water partition coefficient (Wildman–Crippen LogP) is 2.71. The van der Waals surface area contributed by atoms with Gasteiger partial charge in [-0.15, -0.1) is 0 Å². The minimum absolute atomic E-state index is 0.207. The molecule has 3 heterocycles. The Morgan fingerprint density at radius 2 is 1.94 bits per heavy atom. The predicted molar refractivity (Wildman–Crippen MR) is 120 cm³/mol. The van der Waals surface area contributed by atoms with E-state index in [1.54, 1.807) is 7.11 Å². The van der Waals surface area contributed by atoms with Crippen molar-refractivity contribution in [1.82, 2.24) is 19.9 Å². The first kappa shape index (κ1) is 20.1. The van der Waals surface area contributed by atoms with Crippen LogP contribution in [0.3, 0.4) is 0 Å². The van der Waals surface area contributed by atoms with Gasteiger partial charge in [0.15, 0.2) is 17.1 Å². The number of hydrogen-bond donors (Lipinski definition) is 2. The smallest absolute Gasteiger partial charge is 0.257 e. The number of rotatable bonds is 7. The molecule has 1 aliphatic rings. The van der Waals surface area contributed by atoms with Crippen molar-refractivity contribution in [3.8, 4) is 11.5 Å². The van der Waals surface area contributed by atoms with Crippen molar-refractivity contribution in [2.75, 3.05) is 32.8 Å². The molecule has 2 aromatic heterocycles. The normalized spacial score (nSPS) is 12.5. The van der Waals surface area contributed by atoms with E-state index >= 15 is 0 Å². The van der Waals surface area contributed by atoms with Gasteiger partial charge in [-0.3, -0.25) is 4.79 Å². The van der Waals surface area contributed by atoms with Gasteiger partial charge in [-0.2, -0.15) is 0 Å². The standard InChI is InChI=1S/C23H23N5O4/c1-30-10-4-9-25-23(29)19-20-22(27-16-6-3-2-5-15(16)26-20)28(21(19)24)12-14-7-8-17-18(11-14)32-13-31-17/h2-3,5-8,11H,4,9-10,12-13,24H2,1H3,(H,25,29). The number of hydrogen-bond acceptors (Lipinski definition) is 7. The minimum Gasteiger partial charge on any atom is -0.454 e. The maximum atomic E-state index is 13.0. The second kappa shape index (κ2) is 8.35. The van der Waals surface area contributed by atoms with Crippen molar-refractivity contribution >= 4 is 33.9 Å². The number of carbonyl (C=O) groups excluding carboxylic acids is 1. The van der Waals surface area contributed by atoms with Crippen molar-refractivity contribution in [3.05, 3.63) is 53.6 Å². The molecule has 0 saturated carbocycles. The van der Waals surface area contributed by atoms with Gasteiger partial charge in [-0.1, -0.05) is 18.2 Å². The highest BCUT2D eigenvalue weighted by atomic mass is 16.7. The van der Waals surface area contributed by atoms with Crippen molar-refractivity contribution < 1.29 is 19.0 Å². The van der Waals surface area contributed by atoms with Crippen LogP contribution in [0, 0.1) is 0 Å². The number of anilines is 1. The van der Waals surface area contributed by atoms with Crippen LogP contribution in [0.15, 0.2) is 42.5 Å². The van der Waals surface area contributed by atoms with Crippen LogP contribution < -0.4 is 20.5 Å². The number of fused-ring (bicyclic) bond motifs is 3. The van der Waals surface area contributed by atoms with Gasteiger partial charge in [0.05, 0.1) is 17.6 Å². The monoisotopic (exact) mass is 433 g/mol. The molecule has 164 valence electrons. The van der Waals surface area contributed by atoms with Crippen LogP contribution in [0.25, 0.3) is 22.2 Å². The number of amides is 1. The molecular formula is C23H23N5O4. The lowest BCUT2D eigenvalue weighted by molar-refractivity contribution is 0.0951. The van der Waals surface area contributed by atoms with Crippen LogP contribution in [-0.2, 0) is 11.3 Å². The number of methoxy groups -OCH3 is 1. The summed E-state index contributed by atoms with van der Waals surface area (Å²) in [5.74, 6) is 1.43. The number of nitrogen functional groups attached to an aromatic ring is 1. The van der Waals surface area contributed by atoms with Gasteiger partial charge in [-0.05, 0) is 36.2 Å². The van der Waals surface area contributed by atoms with Crippen molar-refractivity contribution in [1.29, 1.82) is 0 Å². The number of carbonyl (C=O) groups is 1. The lowest BCUT2D eigenvalue weighted by Crippen LogP contribution is -2.26. The Morgan fingerprint density at radius 3 is 2.75 bits per heavy atom. The van der Waals surface area contributed by atoms with E-state index in [0.717, 1.165) is 11.1 Å². The molecule has 0 radical (unpaired) electrons. The highest BCUT2D eigenvalue weighted by Crippen LogP contribution is 2.34. The molecule has 2 aromatic carbocycles. The molecule has 9 nitrogen and oxygen atoms in total. The van der Waals surface area contributed by atoms with Crippen LogP contribution in [0.1, 0.15) is 22.3 Å². The average Bonchev–Trinajstić information content (AvgIpc) is 3.37. The summed E-state index contributed by atoms with van der Waals surface area (Å²) in [4.78, 5) is 22.6. The Hall–Kier alpha value is -3.85. The van der Waals surface area contributed by atoms with E-state index in [1.807, 2.05) is 47.0 Å². The summed E-state index contributed by atoms with van der Waals surface area (Å²) in [5, 5.41) is 2.91. The summed E-state index contributed by atoms with van der Waals surface area (Å²) in [6, 6.07) is 13.3. The van der Waals surface area contributed by atoms with Gasteiger partial charge in [-0.25, -0.2) is 9.97 Å². The van der Waals surface area contributed by atoms with E-state index in [0.29, 0.717) is 65.7 Å². The van der Waals surface area contributed by atoms with Crippen LogP contribution in [0.4, 0.5) is 5.82 Å². The van der Waals surface area contributed by atoms with Crippen LogP contribution in [0.2, 0.25) is 0 Å². The molecule has 4 aromatic rings. The minimum atomic E-state index is -0.280. The molecule has 1 aliphatic heterocycles. The fourth-order valence-corrected chi connectivity index (χ4v) is 3.83. The van der Waals surface area contributed by atoms with Gasteiger partial charge in [0.25, 0.3) is 5.91 Å². The van der Waals surface area contributed by atoms with Gasteiger partial charge < -0.3 is 29.8 Å². The summed E-state index contributed by atoms with van der Waals surface area (Å²) in [6.07, 6.45) is 0.701. The third-order valence-corrected chi connectivity index (χ3v) is 5.41.